The van der Waals surface area contributed by atoms with Crippen LogP contribution in [0, 0.1) is 11.8 Å². The molecule has 158 valence electrons. The smallest absolute Gasteiger partial charge is 0.248 e. The van der Waals surface area contributed by atoms with Gasteiger partial charge in [0.1, 0.15) is 0 Å². The summed E-state index contributed by atoms with van der Waals surface area (Å²) in [6.45, 7) is 8.01. The Morgan fingerprint density at radius 1 is 1.07 bits per heavy atom. The lowest BCUT2D eigenvalue weighted by atomic mass is 9.88. The molecule has 4 nitrogen and oxygen atoms in total. The maximum Gasteiger partial charge on any atom is 0.248 e. The molecule has 0 heterocycles. The second kappa shape index (κ2) is 13.7. The van der Waals surface area contributed by atoms with Crippen molar-refractivity contribution < 1.29 is 14.3 Å². The minimum Gasteiger partial charge on any atom is -0.380 e. The summed E-state index contributed by atoms with van der Waals surface area (Å²) in [5.41, 5.74) is 2.02. The number of carbonyl (C=O) groups excluding carboxylic acids is 1. The highest BCUT2D eigenvalue weighted by molar-refractivity contribution is 5.89. The number of ether oxygens (including phenoxy) is 2. The van der Waals surface area contributed by atoms with Crippen LogP contribution < -0.4 is 5.32 Å². The molecule has 1 rings (SSSR count). The van der Waals surface area contributed by atoms with Gasteiger partial charge in [-0.3, -0.25) is 4.79 Å². The Hall–Kier alpha value is -2.43. The average molecular weight is 398 g/mol. The van der Waals surface area contributed by atoms with Gasteiger partial charge in [-0.25, -0.2) is 0 Å². The largest absolute Gasteiger partial charge is 0.380 e. The third kappa shape index (κ3) is 9.07. The van der Waals surface area contributed by atoms with Crippen LogP contribution in [0.1, 0.15) is 33.3 Å². The van der Waals surface area contributed by atoms with Crippen LogP contribution in [0.3, 0.4) is 0 Å². The SMILES string of the molecule is C/C=C\NC(=O)/C=C(C)/C=C/[C@H](C)[C@H](OC)[C@H](C)[C@H](/C=C/c1ccccc1)OC. The molecule has 0 fully saturated rings. The van der Waals surface area contributed by atoms with Crippen LogP contribution in [0.4, 0.5) is 0 Å². The topological polar surface area (TPSA) is 47.6 Å². The number of nitrogens with one attached hydrogen (secondary N) is 1. The van der Waals surface area contributed by atoms with Crippen molar-refractivity contribution >= 4 is 12.0 Å². The molecule has 0 aliphatic carbocycles. The highest BCUT2D eigenvalue weighted by Gasteiger charge is 2.27. The van der Waals surface area contributed by atoms with Gasteiger partial charge in [-0.05, 0) is 31.2 Å². The van der Waals surface area contributed by atoms with Gasteiger partial charge in [-0.1, -0.05) is 74.6 Å². The van der Waals surface area contributed by atoms with E-state index in [9.17, 15) is 4.79 Å². The molecule has 0 saturated carbocycles. The number of hydrogen-bond acceptors (Lipinski definition) is 3. The summed E-state index contributed by atoms with van der Waals surface area (Å²) in [7, 11) is 3.45. The maximum atomic E-state index is 11.8. The van der Waals surface area contributed by atoms with E-state index in [2.05, 4.69) is 49.5 Å². The molecule has 0 spiro atoms. The summed E-state index contributed by atoms with van der Waals surface area (Å²) >= 11 is 0. The first-order valence-corrected chi connectivity index (χ1v) is 9.99. The van der Waals surface area contributed by atoms with E-state index in [0.29, 0.717) is 0 Å². The number of carbonyl (C=O) groups is 1. The molecule has 4 heteroatoms. The summed E-state index contributed by atoms with van der Waals surface area (Å²) in [6.07, 6.45) is 13.1. The fraction of sp³-hybridized carbons (Fsp3) is 0.400. The Balaban J connectivity index is 2.80. The van der Waals surface area contributed by atoms with Gasteiger partial charge in [0.25, 0.3) is 0 Å². The van der Waals surface area contributed by atoms with E-state index in [1.54, 1.807) is 32.6 Å². The molecular formula is C25H35NO3. The molecule has 0 aliphatic rings. The van der Waals surface area contributed by atoms with Gasteiger partial charge in [0.05, 0.1) is 12.2 Å². The lowest BCUT2D eigenvalue weighted by Gasteiger charge is -2.30. The van der Waals surface area contributed by atoms with Crippen molar-refractivity contribution in [3.05, 3.63) is 78.0 Å². The minimum absolute atomic E-state index is 0.0266. The molecule has 1 amide bonds. The van der Waals surface area contributed by atoms with Gasteiger partial charge >= 0.3 is 0 Å². The van der Waals surface area contributed by atoms with E-state index in [4.69, 9.17) is 9.47 Å². The predicted octanol–water partition coefficient (Wildman–Crippen LogP) is 5.15. The van der Waals surface area contributed by atoms with Gasteiger partial charge in [0.15, 0.2) is 0 Å². The molecule has 1 aromatic carbocycles. The van der Waals surface area contributed by atoms with Gasteiger partial charge in [0, 0.05) is 32.1 Å². The van der Waals surface area contributed by atoms with Crippen LogP contribution in [0.5, 0.6) is 0 Å². The second-order valence-electron chi connectivity index (χ2n) is 7.14. The normalized spacial score (nSPS) is 17.0. The average Bonchev–Trinajstić information content (AvgIpc) is 2.72. The van der Waals surface area contributed by atoms with Crippen molar-refractivity contribution in [2.75, 3.05) is 14.2 Å². The van der Waals surface area contributed by atoms with E-state index >= 15 is 0 Å². The van der Waals surface area contributed by atoms with E-state index in [1.165, 1.54) is 0 Å². The van der Waals surface area contributed by atoms with Crippen molar-refractivity contribution in [3.63, 3.8) is 0 Å². The summed E-state index contributed by atoms with van der Waals surface area (Å²) < 4.78 is 11.5. The Kier molecular flexibility index (Phi) is 11.6. The van der Waals surface area contributed by atoms with Gasteiger partial charge in [0.2, 0.25) is 5.91 Å². The van der Waals surface area contributed by atoms with Gasteiger partial charge in [-0.2, -0.15) is 0 Å². The summed E-state index contributed by atoms with van der Waals surface area (Å²) in [6, 6.07) is 10.2. The molecule has 0 unspecified atom stereocenters. The summed E-state index contributed by atoms with van der Waals surface area (Å²) in [4.78, 5) is 11.8. The zero-order chi connectivity index (χ0) is 21.6. The number of allylic oxidation sites excluding steroid dienone is 3. The molecule has 4 atom stereocenters. The molecular weight excluding hydrogens is 362 g/mol. The lowest BCUT2D eigenvalue weighted by molar-refractivity contribution is -0.115. The van der Waals surface area contributed by atoms with Crippen LogP contribution in [-0.2, 0) is 14.3 Å². The fourth-order valence-corrected chi connectivity index (χ4v) is 3.21. The highest BCUT2D eigenvalue weighted by atomic mass is 16.5. The number of methoxy groups -OCH3 is 2. The second-order valence-corrected chi connectivity index (χ2v) is 7.14. The number of benzene rings is 1. The van der Waals surface area contributed by atoms with E-state index < -0.39 is 0 Å². The lowest BCUT2D eigenvalue weighted by Crippen LogP contribution is -2.35. The number of rotatable bonds is 11. The fourth-order valence-electron chi connectivity index (χ4n) is 3.21. The predicted molar refractivity (Wildman–Crippen MR) is 121 cm³/mol. The quantitative estimate of drug-likeness (QED) is 0.415. The molecule has 0 aromatic heterocycles. The molecule has 0 radical (unpaired) electrons. The van der Waals surface area contributed by atoms with Crippen molar-refractivity contribution in [1.29, 1.82) is 0 Å². The Labute approximate surface area is 176 Å². The van der Waals surface area contributed by atoms with Crippen molar-refractivity contribution in [3.8, 4) is 0 Å². The highest BCUT2D eigenvalue weighted by Crippen LogP contribution is 2.24. The third-order valence-corrected chi connectivity index (χ3v) is 4.79. The molecule has 1 N–H and O–H groups in total. The van der Waals surface area contributed by atoms with E-state index in [1.807, 2.05) is 38.1 Å². The van der Waals surface area contributed by atoms with E-state index in [0.717, 1.165) is 11.1 Å². The van der Waals surface area contributed by atoms with Crippen LogP contribution in [0.15, 0.2) is 72.5 Å². The number of amides is 1. The third-order valence-electron chi connectivity index (χ3n) is 4.79. The summed E-state index contributed by atoms with van der Waals surface area (Å²) in [5, 5.41) is 2.67. The molecule has 0 saturated heterocycles. The van der Waals surface area contributed by atoms with Crippen molar-refractivity contribution in [2.45, 2.75) is 39.9 Å². The molecule has 29 heavy (non-hydrogen) atoms. The summed E-state index contributed by atoms with van der Waals surface area (Å²) in [5.74, 6) is 0.159. The Bertz CT molecular complexity index is 719. The first-order chi connectivity index (χ1) is 13.9. The van der Waals surface area contributed by atoms with Crippen molar-refractivity contribution in [2.24, 2.45) is 11.8 Å². The maximum absolute atomic E-state index is 11.8. The Morgan fingerprint density at radius 3 is 2.34 bits per heavy atom. The van der Waals surface area contributed by atoms with Gasteiger partial charge < -0.3 is 14.8 Å². The first kappa shape index (κ1) is 24.6. The van der Waals surface area contributed by atoms with Crippen LogP contribution in [0.25, 0.3) is 6.08 Å². The van der Waals surface area contributed by atoms with Crippen LogP contribution >= 0.6 is 0 Å². The van der Waals surface area contributed by atoms with Crippen molar-refractivity contribution in [1.82, 2.24) is 5.32 Å². The molecule has 0 bridgehead atoms. The first-order valence-electron chi connectivity index (χ1n) is 9.99. The van der Waals surface area contributed by atoms with Crippen LogP contribution in [-0.4, -0.2) is 32.3 Å². The van der Waals surface area contributed by atoms with Crippen LogP contribution in [0.2, 0.25) is 0 Å². The Morgan fingerprint density at radius 2 is 1.76 bits per heavy atom. The van der Waals surface area contributed by atoms with E-state index in [-0.39, 0.29) is 30.0 Å². The number of hydrogen-bond donors (Lipinski definition) is 1. The molecule has 0 aliphatic heterocycles. The zero-order valence-corrected chi connectivity index (χ0v) is 18.5. The monoisotopic (exact) mass is 397 g/mol. The standard InChI is InChI=1S/C25H35NO3/c1-7-17-26-24(27)18-19(2)13-14-20(3)25(29-6)21(4)23(28-5)16-15-22-11-9-8-10-12-22/h7-18,20-21,23,25H,1-6H3,(H,26,27)/b14-13+,16-15+,17-7-,19-18+/t20-,21+,23-,25-/m0/s1. The minimum atomic E-state index is -0.139. The van der Waals surface area contributed by atoms with Gasteiger partial charge in [-0.15, -0.1) is 0 Å². The zero-order valence-electron chi connectivity index (χ0n) is 18.5. The molecule has 1 aromatic rings.